The number of hydrogen-bond donors (Lipinski definition) is 0. The molecule has 123 valence electrons. The molecule has 3 rings (SSSR count). The summed E-state index contributed by atoms with van der Waals surface area (Å²) in [5.74, 6) is 0.560. The number of carbonyl (C=O) groups excluding carboxylic acids is 1. The first-order valence-electron chi connectivity index (χ1n) is 7.22. The van der Waals surface area contributed by atoms with Gasteiger partial charge in [-0.05, 0) is 0 Å². The molecule has 0 amide bonds. The maximum atomic E-state index is 12.8. The van der Waals surface area contributed by atoms with Crippen molar-refractivity contribution in [2.45, 2.75) is 33.1 Å². The quantitative estimate of drug-likeness (QED) is 0.455. The first kappa shape index (κ1) is 21.2. The number of fused-ring (bicyclic) bond motifs is 2. The predicted octanol–water partition coefficient (Wildman–Crippen LogP) is -2.95. The monoisotopic (exact) mass is 421 g/mol. The Bertz CT molecular complexity index is 689. The Morgan fingerprint density at radius 1 is 1.17 bits per heavy atom. The molecule has 8 heteroatoms. The van der Waals surface area contributed by atoms with Crippen LogP contribution in [-0.2, 0) is 34.1 Å². The standard InChI is InChI=1S/C15H19O3Si2.2ClH.Ti/c1-6-17-20(5)12-9-10-7-8-11(18-19(2,3)4)14(16)13(10)15(12)20;;;/h7-8H,6H2,1-5H3;2*1H;/q;;;+2/p-2. The van der Waals surface area contributed by atoms with Crippen LogP contribution in [-0.4, -0.2) is 29.0 Å². The average Bonchev–Trinajstić information content (AvgIpc) is 2.80. The Morgan fingerprint density at radius 3 is 2.30 bits per heavy atom. The molecule has 0 radical (unpaired) electrons. The molecule has 1 unspecified atom stereocenters. The van der Waals surface area contributed by atoms with Gasteiger partial charge in [-0.3, -0.25) is 0 Å². The zero-order chi connectivity index (χ0) is 15.6. The van der Waals surface area contributed by atoms with Gasteiger partial charge in [0.2, 0.25) is 0 Å². The summed E-state index contributed by atoms with van der Waals surface area (Å²) in [5.41, 5.74) is 1.94. The van der Waals surface area contributed by atoms with Gasteiger partial charge in [0.05, 0.1) is 0 Å². The summed E-state index contributed by atoms with van der Waals surface area (Å²) in [7, 11) is -3.71. The average molecular weight is 422 g/mol. The minimum atomic E-state index is -1.93. The molecule has 3 aliphatic rings. The summed E-state index contributed by atoms with van der Waals surface area (Å²) in [5, 5.41) is 2.55. The van der Waals surface area contributed by atoms with Crippen LogP contribution >= 0.6 is 0 Å². The SMILES string of the molecule is CCO[Si]1(C)C2=[C]([Ti+2])C3=CC=C(O[Si](C)(C)C)C(=O)C3=C21.[Cl-].[Cl-]. The van der Waals surface area contributed by atoms with Crippen molar-refractivity contribution in [1.29, 1.82) is 0 Å². The minimum absolute atomic E-state index is 0. The van der Waals surface area contributed by atoms with E-state index in [4.69, 9.17) is 8.85 Å². The van der Waals surface area contributed by atoms with E-state index in [1.165, 1.54) is 14.3 Å². The number of rotatable bonds is 4. The number of Topliss-reactive ketones (excluding diaryl/α,β-unsaturated/α-hetero) is 1. The van der Waals surface area contributed by atoms with Crippen molar-refractivity contribution in [2.75, 3.05) is 6.61 Å². The van der Waals surface area contributed by atoms with Crippen LogP contribution in [0.2, 0.25) is 26.2 Å². The first-order valence-corrected chi connectivity index (χ1v) is 13.8. The number of ketones is 1. The third kappa shape index (κ3) is 3.30. The van der Waals surface area contributed by atoms with Crippen molar-refractivity contribution >= 4 is 22.4 Å². The third-order valence-electron chi connectivity index (χ3n) is 3.88. The van der Waals surface area contributed by atoms with E-state index in [0.29, 0.717) is 12.4 Å². The van der Waals surface area contributed by atoms with Crippen molar-refractivity contribution in [3.63, 3.8) is 0 Å². The first-order chi connectivity index (χ1) is 9.70. The van der Waals surface area contributed by atoms with Gasteiger partial charge in [-0.2, -0.15) is 0 Å². The molecule has 0 N–H and O–H groups in total. The van der Waals surface area contributed by atoms with Crippen molar-refractivity contribution in [3.8, 4) is 0 Å². The van der Waals surface area contributed by atoms with E-state index in [9.17, 15) is 4.79 Å². The van der Waals surface area contributed by atoms with Gasteiger partial charge in [0.15, 0.2) is 0 Å². The molecule has 1 atom stereocenters. The summed E-state index contributed by atoms with van der Waals surface area (Å²) in [6, 6.07) is 0. The summed E-state index contributed by atoms with van der Waals surface area (Å²) in [6.45, 7) is 11.2. The van der Waals surface area contributed by atoms with Gasteiger partial charge in [0.1, 0.15) is 0 Å². The van der Waals surface area contributed by atoms with E-state index >= 15 is 0 Å². The van der Waals surface area contributed by atoms with E-state index < -0.39 is 16.6 Å². The fraction of sp³-hybridized carbons (Fsp3) is 0.400. The van der Waals surface area contributed by atoms with Crippen molar-refractivity contribution in [2.24, 2.45) is 0 Å². The summed E-state index contributed by atoms with van der Waals surface area (Å²) >= 11 is 2.11. The van der Waals surface area contributed by atoms with Crippen LogP contribution in [0.15, 0.2) is 43.3 Å². The van der Waals surface area contributed by atoms with E-state index in [-0.39, 0.29) is 30.6 Å². The third-order valence-corrected chi connectivity index (χ3v) is 9.44. The maximum absolute atomic E-state index is 12.8. The van der Waals surface area contributed by atoms with Crippen LogP contribution in [0.3, 0.4) is 0 Å². The molecule has 0 bridgehead atoms. The molecule has 1 aliphatic heterocycles. The van der Waals surface area contributed by atoms with Crippen molar-refractivity contribution < 1.29 is 58.9 Å². The molecule has 2 aliphatic carbocycles. The van der Waals surface area contributed by atoms with E-state index in [2.05, 4.69) is 46.6 Å². The van der Waals surface area contributed by atoms with Crippen molar-refractivity contribution in [1.82, 2.24) is 0 Å². The Morgan fingerprint density at radius 2 is 1.78 bits per heavy atom. The van der Waals surface area contributed by atoms with Gasteiger partial charge in [-0.1, -0.05) is 0 Å². The number of allylic oxidation sites excluding steroid dienone is 7. The number of carbonyl (C=O) groups is 1. The molecule has 0 saturated carbocycles. The summed E-state index contributed by atoms with van der Waals surface area (Å²) in [6.07, 6.45) is 3.88. The van der Waals surface area contributed by atoms with E-state index in [1.54, 1.807) is 0 Å². The largest absolute Gasteiger partial charge is 1.00 e. The van der Waals surface area contributed by atoms with E-state index in [0.717, 1.165) is 11.1 Å². The Labute approximate surface area is 163 Å². The number of halogens is 2. The predicted molar refractivity (Wildman–Crippen MR) is 82.9 cm³/mol. The molecule has 0 spiro atoms. The summed E-state index contributed by atoms with van der Waals surface area (Å²) < 4.78 is 13.2. The van der Waals surface area contributed by atoms with Gasteiger partial charge in [0, 0.05) is 0 Å². The molecule has 1 saturated heterocycles. The molecular formula is C15H19Cl2O3Si2Ti. The number of hydrogen-bond acceptors (Lipinski definition) is 3. The van der Waals surface area contributed by atoms with Crippen LogP contribution in [0, 0.1) is 0 Å². The second-order valence-electron chi connectivity index (χ2n) is 6.62. The molecule has 1 heterocycles. The zero-order valence-corrected chi connectivity index (χ0v) is 18.9. The smallest absolute Gasteiger partial charge is 1.00 e. The second-order valence-corrected chi connectivity index (χ2v) is 15.2. The normalized spacial score (nSPS) is 25.1. The van der Waals surface area contributed by atoms with Gasteiger partial charge in [0.25, 0.3) is 0 Å². The van der Waals surface area contributed by atoms with Crippen LogP contribution in [0.5, 0.6) is 0 Å². The fourth-order valence-electron chi connectivity index (χ4n) is 3.08. The van der Waals surface area contributed by atoms with Crippen LogP contribution in [0.4, 0.5) is 0 Å². The van der Waals surface area contributed by atoms with Gasteiger partial charge in [-0.15, -0.1) is 0 Å². The molecule has 0 aromatic carbocycles. The second kappa shape index (κ2) is 6.79. The Kier molecular flexibility index (Phi) is 6.25. The zero-order valence-electron chi connectivity index (χ0n) is 13.8. The maximum Gasteiger partial charge on any atom is -1.00 e. The van der Waals surface area contributed by atoms with Gasteiger partial charge < -0.3 is 24.8 Å². The fourth-order valence-corrected chi connectivity index (χ4v) is 9.43. The van der Waals surface area contributed by atoms with E-state index in [1.807, 2.05) is 19.1 Å². The molecule has 1 fully saturated rings. The minimum Gasteiger partial charge on any atom is -1.00 e. The topological polar surface area (TPSA) is 35.5 Å². The molecule has 23 heavy (non-hydrogen) atoms. The molecule has 0 aromatic rings. The molecule has 3 nitrogen and oxygen atoms in total. The Balaban J connectivity index is 0.00000132. The van der Waals surface area contributed by atoms with Crippen LogP contribution < -0.4 is 24.8 Å². The van der Waals surface area contributed by atoms with Crippen molar-refractivity contribution in [3.05, 3.63) is 43.3 Å². The summed E-state index contributed by atoms with van der Waals surface area (Å²) in [4.78, 5) is 12.8. The van der Waals surface area contributed by atoms with Gasteiger partial charge >= 0.3 is 140 Å². The van der Waals surface area contributed by atoms with Crippen LogP contribution in [0.1, 0.15) is 6.92 Å². The molecule has 0 aromatic heterocycles. The van der Waals surface area contributed by atoms with Gasteiger partial charge in [-0.25, -0.2) is 0 Å². The Hall–Kier alpha value is 0.118. The van der Waals surface area contributed by atoms with Crippen LogP contribution in [0.25, 0.3) is 0 Å². The molecular weight excluding hydrogens is 403 g/mol.